The topological polar surface area (TPSA) is 38.7 Å². The summed E-state index contributed by atoms with van der Waals surface area (Å²) in [5.41, 5.74) is 4.28. The summed E-state index contributed by atoms with van der Waals surface area (Å²) in [7, 11) is 0. The van der Waals surface area contributed by atoms with Crippen LogP contribution in [0.3, 0.4) is 0 Å². The van der Waals surface area contributed by atoms with Gasteiger partial charge in [-0.3, -0.25) is 4.99 Å². The second-order valence-corrected chi connectivity index (χ2v) is 9.41. The molecule has 1 atom stereocenters. The molecule has 0 aliphatic carbocycles. The zero-order chi connectivity index (χ0) is 22.4. The molecule has 0 aliphatic rings. The highest BCUT2D eigenvalue weighted by Crippen LogP contribution is 2.23. The zero-order valence-electron chi connectivity index (χ0n) is 18.4. The van der Waals surface area contributed by atoms with Gasteiger partial charge in [-0.2, -0.15) is 0 Å². The first-order valence-electron chi connectivity index (χ1n) is 10.4. The second-order valence-electron chi connectivity index (χ2n) is 8.56. The molecule has 160 valence electrons. The normalized spacial score (nSPS) is 12.2. The van der Waals surface area contributed by atoms with Crippen molar-refractivity contribution in [3.8, 4) is 0 Å². The Bertz CT molecular complexity index is 1010. The minimum Gasteiger partial charge on any atom is -0.458 e. The molecule has 3 aromatic rings. The van der Waals surface area contributed by atoms with Gasteiger partial charge < -0.3 is 4.74 Å². The maximum atomic E-state index is 13.2. The molecule has 0 unspecified atom stereocenters. The van der Waals surface area contributed by atoms with Crippen molar-refractivity contribution >= 4 is 27.6 Å². The first kappa shape index (κ1) is 23.0. The van der Waals surface area contributed by atoms with Crippen molar-refractivity contribution < 1.29 is 9.53 Å². The highest BCUT2D eigenvalue weighted by molar-refractivity contribution is 9.10. The molecule has 0 fully saturated rings. The van der Waals surface area contributed by atoms with E-state index in [1.807, 2.05) is 100 Å². The fraction of sp³-hybridized carbons (Fsp3) is 0.259. The van der Waals surface area contributed by atoms with Crippen molar-refractivity contribution in [1.82, 2.24) is 0 Å². The van der Waals surface area contributed by atoms with E-state index < -0.39 is 11.6 Å². The van der Waals surface area contributed by atoms with Gasteiger partial charge in [0.15, 0.2) is 6.04 Å². The van der Waals surface area contributed by atoms with Crippen LogP contribution in [-0.4, -0.2) is 23.3 Å². The molecule has 0 N–H and O–H groups in total. The first-order chi connectivity index (χ1) is 14.7. The Labute approximate surface area is 193 Å². The molecule has 0 bridgehead atoms. The molecule has 0 amide bonds. The Morgan fingerprint density at radius 1 is 0.935 bits per heavy atom. The molecule has 3 nitrogen and oxygen atoms in total. The number of esters is 1. The summed E-state index contributed by atoms with van der Waals surface area (Å²) in [5, 5.41) is 0. The molecule has 0 aromatic heterocycles. The second kappa shape index (κ2) is 10.1. The minimum absolute atomic E-state index is 0.328. The van der Waals surface area contributed by atoms with Gasteiger partial charge in [-0.1, -0.05) is 94.3 Å². The molecule has 31 heavy (non-hydrogen) atoms. The minimum atomic E-state index is -0.673. The van der Waals surface area contributed by atoms with Crippen LogP contribution in [0.1, 0.15) is 43.0 Å². The van der Waals surface area contributed by atoms with Crippen LogP contribution in [0, 0.1) is 6.92 Å². The lowest BCUT2D eigenvalue weighted by molar-refractivity contribution is -0.156. The molecule has 0 aliphatic heterocycles. The zero-order valence-corrected chi connectivity index (χ0v) is 20.0. The van der Waals surface area contributed by atoms with Crippen molar-refractivity contribution in [2.45, 2.75) is 45.8 Å². The van der Waals surface area contributed by atoms with Gasteiger partial charge in [-0.15, -0.1) is 0 Å². The van der Waals surface area contributed by atoms with Crippen molar-refractivity contribution in [2.75, 3.05) is 0 Å². The van der Waals surface area contributed by atoms with E-state index in [2.05, 4.69) is 22.0 Å². The molecule has 0 spiro atoms. The Balaban J connectivity index is 2.09. The van der Waals surface area contributed by atoms with Gasteiger partial charge in [0.25, 0.3) is 0 Å². The van der Waals surface area contributed by atoms with Crippen molar-refractivity contribution in [3.63, 3.8) is 0 Å². The van der Waals surface area contributed by atoms with Crippen LogP contribution >= 0.6 is 15.9 Å². The lowest BCUT2D eigenvalue weighted by Crippen LogP contribution is -2.33. The number of ether oxygens (including phenoxy) is 1. The number of rotatable bonds is 6. The third-order valence-electron chi connectivity index (χ3n) is 4.67. The van der Waals surface area contributed by atoms with E-state index in [9.17, 15) is 4.79 Å². The van der Waals surface area contributed by atoms with Crippen molar-refractivity contribution in [1.29, 1.82) is 0 Å². The number of aryl methyl sites for hydroxylation is 1. The number of carbonyl (C=O) groups excluding carboxylic acids is 1. The SMILES string of the molecule is Cc1ccc(Br)c(C[C@H](N=C(c2ccccc2)c2ccccc2)C(=O)OC(C)(C)C)c1. The average molecular weight is 478 g/mol. The summed E-state index contributed by atoms with van der Waals surface area (Å²) in [6.07, 6.45) is 0.445. The summed E-state index contributed by atoms with van der Waals surface area (Å²) < 4.78 is 6.71. The third kappa shape index (κ3) is 6.63. The third-order valence-corrected chi connectivity index (χ3v) is 5.45. The molecule has 0 radical (unpaired) electrons. The number of carbonyl (C=O) groups is 1. The van der Waals surface area contributed by atoms with Crippen LogP contribution in [0.2, 0.25) is 0 Å². The van der Waals surface area contributed by atoms with Gasteiger partial charge in [-0.25, -0.2) is 4.79 Å². The van der Waals surface area contributed by atoms with E-state index in [1.165, 1.54) is 0 Å². The number of hydrogen-bond donors (Lipinski definition) is 0. The van der Waals surface area contributed by atoms with Crippen molar-refractivity contribution in [2.24, 2.45) is 4.99 Å². The van der Waals surface area contributed by atoms with Gasteiger partial charge >= 0.3 is 5.97 Å². The maximum Gasteiger partial charge on any atom is 0.331 e. The number of nitrogens with zero attached hydrogens (tertiary/aromatic N) is 1. The van der Waals surface area contributed by atoms with E-state index in [0.717, 1.165) is 32.4 Å². The molecule has 0 saturated carbocycles. The van der Waals surface area contributed by atoms with Crippen LogP contribution in [0.4, 0.5) is 0 Å². The van der Waals surface area contributed by atoms with Gasteiger partial charge in [0.2, 0.25) is 0 Å². The molecular formula is C27H28BrNO2. The Hall–Kier alpha value is -2.72. The summed E-state index contributed by atoms with van der Waals surface area (Å²) in [6.45, 7) is 7.68. The maximum absolute atomic E-state index is 13.2. The van der Waals surface area contributed by atoms with Gasteiger partial charge in [0.05, 0.1) is 5.71 Å². The number of benzene rings is 3. The van der Waals surface area contributed by atoms with Gasteiger partial charge in [0, 0.05) is 22.0 Å². The average Bonchev–Trinajstić information content (AvgIpc) is 2.73. The largest absolute Gasteiger partial charge is 0.458 e. The Kier molecular flexibility index (Phi) is 7.45. The fourth-order valence-corrected chi connectivity index (χ4v) is 3.69. The summed E-state index contributed by atoms with van der Waals surface area (Å²) in [6, 6.07) is 25.4. The number of halogens is 1. The number of hydrogen-bond acceptors (Lipinski definition) is 3. The van der Waals surface area contributed by atoms with E-state index in [4.69, 9.17) is 9.73 Å². The predicted molar refractivity (Wildman–Crippen MR) is 131 cm³/mol. The fourth-order valence-electron chi connectivity index (χ4n) is 3.28. The smallest absolute Gasteiger partial charge is 0.331 e. The quantitative estimate of drug-likeness (QED) is 0.298. The first-order valence-corrected chi connectivity index (χ1v) is 11.2. The summed E-state index contributed by atoms with van der Waals surface area (Å²) in [4.78, 5) is 18.2. The molecule has 3 rings (SSSR count). The van der Waals surface area contributed by atoms with E-state index >= 15 is 0 Å². The number of aliphatic imine (C=N–C) groups is 1. The predicted octanol–water partition coefficient (Wildman–Crippen LogP) is 6.55. The Morgan fingerprint density at radius 2 is 1.48 bits per heavy atom. The summed E-state index contributed by atoms with van der Waals surface area (Å²) in [5.74, 6) is -0.328. The van der Waals surface area contributed by atoms with E-state index in [0.29, 0.717) is 6.42 Å². The van der Waals surface area contributed by atoms with Gasteiger partial charge in [0.1, 0.15) is 5.60 Å². The molecular weight excluding hydrogens is 450 g/mol. The van der Waals surface area contributed by atoms with Crippen molar-refractivity contribution in [3.05, 3.63) is 106 Å². The van der Waals surface area contributed by atoms with Crippen LogP contribution in [0.25, 0.3) is 0 Å². The van der Waals surface area contributed by atoms with Crippen LogP contribution < -0.4 is 0 Å². The van der Waals surface area contributed by atoms with Crippen LogP contribution in [0.15, 0.2) is 88.3 Å². The molecule has 3 aromatic carbocycles. The monoisotopic (exact) mass is 477 g/mol. The molecule has 0 heterocycles. The lowest BCUT2D eigenvalue weighted by Gasteiger charge is -2.23. The standard InChI is InChI=1S/C27H28BrNO2/c1-19-15-16-23(28)22(17-19)18-24(26(30)31-27(2,3)4)29-25(20-11-7-5-8-12-20)21-13-9-6-10-14-21/h5-17,24H,18H2,1-4H3/t24-/m0/s1. The lowest BCUT2D eigenvalue weighted by atomic mass is 10.00. The van der Waals surface area contributed by atoms with E-state index in [1.54, 1.807) is 0 Å². The highest BCUT2D eigenvalue weighted by atomic mass is 79.9. The van der Waals surface area contributed by atoms with E-state index in [-0.39, 0.29) is 5.97 Å². The highest BCUT2D eigenvalue weighted by Gasteiger charge is 2.27. The van der Waals surface area contributed by atoms with Gasteiger partial charge in [-0.05, 0) is 39.3 Å². The van der Waals surface area contributed by atoms with Crippen LogP contribution in [0.5, 0.6) is 0 Å². The Morgan fingerprint density at radius 3 is 2.00 bits per heavy atom. The molecule has 4 heteroatoms. The van der Waals surface area contributed by atoms with Crippen LogP contribution in [-0.2, 0) is 16.0 Å². The summed E-state index contributed by atoms with van der Waals surface area (Å²) >= 11 is 3.62. The molecule has 0 saturated heterocycles.